The van der Waals surface area contributed by atoms with Gasteiger partial charge in [0, 0.05) is 18.9 Å². The molecule has 136 valence electrons. The van der Waals surface area contributed by atoms with Crippen LogP contribution in [-0.2, 0) is 4.79 Å². The number of halogens is 2. The van der Waals surface area contributed by atoms with E-state index in [4.69, 9.17) is 0 Å². The lowest BCUT2D eigenvalue weighted by molar-refractivity contribution is -0.116. The van der Waals surface area contributed by atoms with E-state index in [1.54, 1.807) is 25.1 Å². The number of aromatic hydroxyl groups is 1. The molecule has 0 fully saturated rings. The van der Waals surface area contributed by atoms with Crippen molar-refractivity contribution in [2.45, 2.75) is 40.5 Å². The Kier molecular flexibility index (Phi) is 10.7. The highest BCUT2D eigenvalue weighted by Gasteiger charge is 2.10. The van der Waals surface area contributed by atoms with Gasteiger partial charge in [-0.1, -0.05) is 32.0 Å². The molecule has 0 radical (unpaired) electrons. The molecule has 0 spiro atoms. The van der Waals surface area contributed by atoms with Gasteiger partial charge in [0.15, 0.2) is 5.78 Å². The van der Waals surface area contributed by atoms with Gasteiger partial charge in [-0.05, 0) is 37.6 Å². The van der Waals surface area contributed by atoms with E-state index in [1.165, 1.54) is 25.1 Å². The van der Waals surface area contributed by atoms with Gasteiger partial charge >= 0.3 is 0 Å². The zero-order chi connectivity index (χ0) is 19.4. The monoisotopic (exact) mass is 350 g/mol. The SMILES string of the molecule is CC.CC(=O)CCC(=O)c1ccccc1O.Cc1ccc(F)cc1F. The molecule has 5 heteroatoms. The van der Waals surface area contributed by atoms with Gasteiger partial charge in [-0.25, -0.2) is 8.78 Å². The lowest BCUT2D eigenvalue weighted by Crippen LogP contribution is -2.02. The number of rotatable bonds is 4. The maximum atomic E-state index is 12.3. The van der Waals surface area contributed by atoms with Gasteiger partial charge in [-0.3, -0.25) is 4.79 Å². The van der Waals surface area contributed by atoms with Crippen LogP contribution in [0.4, 0.5) is 8.78 Å². The second kappa shape index (κ2) is 11.9. The number of benzene rings is 2. The Labute approximate surface area is 147 Å². The van der Waals surface area contributed by atoms with Crippen LogP contribution < -0.4 is 0 Å². The first-order valence-electron chi connectivity index (χ1n) is 8.03. The van der Waals surface area contributed by atoms with E-state index in [0.29, 0.717) is 5.56 Å². The van der Waals surface area contributed by atoms with Crippen molar-refractivity contribution >= 4 is 11.6 Å². The lowest BCUT2D eigenvalue weighted by atomic mass is 10.0. The maximum Gasteiger partial charge on any atom is 0.167 e. The minimum absolute atomic E-state index is 0.0197. The van der Waals surface area contributed by atoms with Crippen molar-refractivity contribution in [1.29, 1.82) is 0 Å². The van der Waals surface area contributed by atoms with Crippen molar-refractivity contribution in [2.75, 3.05) is 0 Å². The fourth-order valence-corrected chi connectivity index (χ4v) is 1.70. The molecule has 0 saturated heterocycles. The number of para-hydroxylation sites is 1. The fraction of sp³-hybridized carbons (Fsp3) is 0.300. The molecule has 0 heterocycles. The van der Waals surface area contributed by atoms with Gasteiger partial charge < -0.3 is 9.90 Å². The minimum Gasteiger partial charge on any atom is -0.507 e. The van der Waals surface area contributed by atoms with E-state index in [2.05, 4.69) is 0 Å². The molecule has 2 aromatic rings. The first-order chi connectivity index (χ1) is 11.8. The number of aryl methyl sites for hydroxylation is 1. The van der Waals surface area contributed by atoms with Gasteiger partial charge in [0.25, 0.3) is 0 Å². The quantitative estimate of drug-likeness (QED) is 0.767. The number of carbonyl (C=O) groups is 2. The van der Waals surface area contributed by atoms with Crippen molar-refractivity contribution in [3.8, 4) is 5.75 Å². The highest BCUT2D eigenvalue weighted by molar-refractivity contribution is 6.00. The van der Waals surface area contributed by atoms with Gasteiger partial charge in [-0.2, -0.15) is 0 Å². The summed E-state index contributed by atoms with van der Waals surface area (Å²) in [6, 6.07) is 9.86. The molecule has 2 aromatic carbocycles. The number of ketones is 2. The summed E-state index contributed by atoms with van der Waals surface area (Å²) < 4.78 is 24.4. The third kappa shape index (κ3) is 8.74. The Morgan fingerprint density at radius 3 is 2.08 bits per heavy atom. The summed E-state index contributed by atoms with van der Waals surface area (Å²) in [4.78, 5) is 22.1. The number of hydrogen-bond donors (Lipinski definition) is 1. The molecular weight excluding hydrogens is 326 g/mol. The van der Waals surface area contributed by atoms with Crippen LogP contribution in [0.2, 0.25) is 0 Å². The van der Waals surface area contributed by atoms with Crippen molar-refractivity contribution in [1.82, 2.24) is 0 Å². The summed E-state index contributed by atoms with van der Waals surface area (Å²) in [7, 11) is 0. The Balaban J connectivity index is 0.000000451. The van der Waals surface area contributed by atoms with E-state index < -0.39 is 11.6 Å². The number of hydrogen-bond acceptors (Lipinski definition) is 3. The van der Waals surface area contributed by atoms with Crippen molar-refractivity contribution in [3.63, 3.8) is 0 Å². The number of Topliss-reactive ketones (excluding diaryl/α,β-unsaturated/α-hetero) is 2. The molecule has 0 aliphatic carbocycles. The van der Waals surface area contributed by atoms with Crippen molar-refractivity contribution in [3.05, 3.63) is 65.2 Å². The molecule has 0 aliphatic rings. The first kappa shape index (κ1) is 22.4. The minimum atomic E-state index is -0.530. The molecule has 2 rings (SSSR count). The first-order valence-corrected chi connectivity index (χ1v) is 8.03. The smallest absolute Gasteiger partial charge is 0.167 e. The van der Waals surface area contributed by atoms with Gasteiger partial charge in [-0.15, -0.1) is 0 Å². The van der Waals surface area contributed by atoms with Crippen molar-refractivity contribution in [2.24, 2.45) is 0 Å². The van der Waals surface area contributed by atoms with Crippen LogP contribution >= 0.6 is 0 Å². The maximum absolute atomic E-state index is 12.3. The Bertz CT molecular complexity index is 697. The molecule has 0 aromatic heterocycles. The highest BCUT2D eigenvalue weighted by atomic mass is 19.1. The van der Waals surface area contributed by atoms with Crippen LogP contribution in [0, 0.1) is 18.6 Å². The fourth-order valence-electron chi connectivity index (χ4n) is 1.70. The van der Waals surface area contributed by atoms with Crippen LogP contribution in [0.5, 0.6) is 5.75 Å². The third-order valence-electron chi connectivity index (χ3n) is 3.04. The lowest BCUT2D eigenvalue weighted by Gasteiger charge is -2.01. The van der Waals surface area contributed by atoms with E-state index >= 15 is 0 Å². The Hall–Kier alpha value is -2.56. The standard InChI is InChI=1S/C11H12O3.C7H6F2.C2H6/c1-8(12)6-7-11(14)9-4-2-3-5-10(9)13;1-5-2-3-6(8)4-7(5)9;1-2/h2-5,13H,6-7H2,1H3;2-4H,1H3;1-2H3. The zero-order valence-electron chi connectivity index (χ0n) is 15.0. The summed E-state index contributed by atoms with van der Waals surface area (Å²) in [5, 5.41) is 9.34. The van der Waals surface area contributed by atoms with Crippen LogP contribution in [-0.4, -0.2) is 16.7 Å². The summed E-state index contributed by atoms with van der Waals surface area (Å²) in [5.41, 5.74) is 0.755. The highest BCUT2D eigenvalue weighted by Crippen LogP contribution is 2.17. The predicted molar refractivity (Wildman–Crippen MR) is 94.8 cm³/mol. The second-order valence-electron chi connectivity index (χ2n) is 5.04. The zero-order valence-corrected chi connectivity index (χ0v) is 15.0. The van der Waals surface area contributed by atoms with Gasteiger partial charge in [0.2, 0.25) is 0 Å². The molecule has 0 saturated carbocycles. The summed E-state index contributed by atoms with van der Waals surface area (Å²) >= 11 is 0. The predicted octanol–water partition coefficient (Wildman–Crippen LogP) is 5.24. The van der Waals surface area contributed by atoms with E-state index in [0.717, 1.165) is 6.07 Å². The Morgan fingerprint density at radius 2 is 1.60 bits per heavy atom. The molecule has 0 aliphatic heterocycles. The number of phenolic OH excluding ortho intramolecular Hbond substituents is 1. The second-order valence-corrected chi connectivity index (χ2v) is 5.04. The molecule has 0 unspecified atom stereocenters. The molecule has 0 bridgehead atoms. The average molecular weight is 350 g/mol. The summed E-state index contributed by atoms with van der Waals surface area (Å²) in [6.45, 7) is 7.03. The van der Waals surface area contributed by atoms with Crippen LogP contribution in [0.15, 0.2) is 42.5 Å². The summed E-state index contributed by atoms with van der Waals surface area (Å²) in [6.07, 6.45) is 0.389. The van der Waals surface area contributed by atoms with Crippen LogP contribution in [0.25, 0.3) is 0 Å². The summed E-state index contributed by atoms with van der Waals surface area (Å²) in [5.74, 6) is -1.26. The number of carbonyl (C=O) groups excluding carboxylic acids is 2. The van der Waals surface area contributed by atoms with Gasteiger partial charge in [0.05, 0.1) is 5.56 Å². The van der Waals surface area contributed by atoms with E-state index in [9.17, 15) is 23.5 Å². The molecule has 1 N–H and O–H groups in total. The normalized spacial score (nSPS) is 9.20. The molecule has 25 heavy (non-hydrogen) atoms. The van der Waals surface area contributed by atoms with Crippen molar-refractivity contribution < 1.29 is 23.5 Å². The molecule has 0 amide bonds. The molecular formula is C20H24F2O3. The number of phenols is 1. The third-order valence-corrected chi connectivity index (χ3v) is 3.04. The Morgan fingerprint density at radius 1 is 1.00 bits per heavy atom. The van der Waals surface area contributed by atoms with E-state index in [1.807, 2.05) is 13.8 Å². The topological polar surface area (TPSA) is 54.4 Å². The van der Waals surface area contributed by atoms with E-state index in [-0.39, 0.29) is 35.7 Å². The molecule has 0 atom stereocenters. The van der Waals surface area contributed by atoms with Gasteiger partial charge in [0.1, 0.15) is 23.2 Å². The molecule has 3 nitrogen and oxygen atoms in total. The van der Waals surface area contributed by atoms with Crippen LogP contribution in [0.1, 0.15) is 49.5 Å². The largest absolute Gasteiger partial charge is 0.507 e. The average Bonchev–Trinajstić information content (AvgIpc) is 2.59. The van der Waals surface area contributed by atoms with Crippen LogP contribution in [0.3, 0.4) is 0 Å².